The van der Waals surface area contributed by atoms with Crippen LogP contribution in [0.2, 0.25) is 0 Å². The monoisotopic (exact) mass is 362 g/mol. The molecular formula is C14H20Br2O. The lowest BCUT2D eigenvalue weighted by Crippen LogP contribution is -2.16. The largest absolute Gasteiger partial charge is 0.494 e. The summed E-state index contributed by atoms with van der Waals surface area (Å²) in [5, 5.41) is 1.00. The lowest BCUT2D eigenvalue weighted by atomic mass is 10.1. The van der Waals surface area contributed by atoms with Gasteiger partial charge in [-0.05, 0) is 31.9 Å². The minimum atomic E-state index is 0.243. The summed E-state index contributed by atoms with van der Waals surface area (Å²) in [4.78, 5) is 0. The van der Waals surface area contributed by atoms with E-state index >= 15 is 0 Å². The molecule has 0 N–H and O–H groups in total. The van der Waals surface area contributed by atoms with Crippen LogP contribution < -0.4 is 4.74 Å². The smallest absolute Gasteiger partial charge is 0.119 e. The van der Waals surface area contributed by atoms with Gasteiger partial charge in [0, 0.05) is 9.65 Å². The normalized spacial score (nSPS) is 14.3. The molecule has 0 amide bonds. The predicted molar refractivity (Wildman–Crippen MR) is 81.5 cm³/mol. The molecule has 1 nitrogen and oxygen atoms in total. The molecule has 0 saturated carbocycles. The summed E-state index contributed by atoms with van der Waals surface area (Å²) in [6.07, 6.45) is 4.79. The van der Waals surface area contributed by atoms with Crippen molar-refractivity contribution in [3.05, 3.63) is 30.3 Å². The molecule has 1 unspecified atom stereocenters. The molecule has 1 rings (SSSR count). The Balaban J connectivity index is 2.02. The molecule has 96 valence electrons. The molecule has 0 aromatic heterocycles. The average Bonchev–Trinajstić information content (AvgIpc) is 2.35. The van der Waals surface area contributed by atoms with Crippen LogP contribution in [0.25, 0.3) is 0 Å². The van der Waals surface area contributed by atoms with Gasteiger partial charge >= 0.3 is 0 Å². The van der Waals surface area contributed by atoms with E-state index in [9.17, 15) is 0 Å². The number of alkyl halides is 2. The third-order valence-corrected chi connectivity index (χ3v) is 5.30. The van der Waals surface area contributed by atoms with Gasteiger partial charge in [0.25, 0.3) is 0 Å². The van der Waals surface area contributed by atoms with Gasteiger partial charge in [-0.2, -0.15) is 0 Å². The zero-order chi connectivity index (χ0) is 12.6. The molecule has 1 aromatic rings. The highest BCUT2D eigenvalue weighted by Gasteiger charge is 2.17. The first-order valence-corrected chi connectivity index (χ1v) is 7.98. The van der Waals surface area contributed by atoms with Crippen LogP contribution in [0.5, 0.6) is 5.75 Å². The van der Waals surface area contributed by atoms with Crippen molar-refractivity contribution in [1.29, 1.82) is 0 Å². The highest BCUT2D eigenvalue weighted by molar-refractivity contribution is 9.12. The van der Waals surface area contributed by atoms with Crippen molar-refractivity contribution in [1.82, 2.24) is 0 Å². The number of rotatable bonds is 8. The maximum atomic E-state index is 5.64. The molecule has 0 aliphatic carbocycles. The summed E-state index contributed by atoms with van der Waals surface area (Å²) < 4.78 is 5.89. The first-order chi connectivity index (χ1) is 8.14. The Morgan fingerprint density at radius 3 is 2.47 bits per heavy atom. The number of halogens is 2. The molecule has 3 heteroatoms. The van der Waals surface area contributed by atoms with Gasteiger partial charge in [0.2, 0.25) is 0 Å². The van der Waals surface area contributed by atoms with Gasteiger partial charge in [-0.25, -0.2) is 0 Å². The zero-order valence-electron chi connectivity index (χ0n) is 10.3. The average molecular weight is 364 g/mol. The minimum Gasteiger partial charge on any atom is -0.494 e. The van der Waals surface area contributed by atoms with Crippen LogP contribution in [-0.4, -0.2) is 16.3 Å². The summed E-state index contributed by atoms with van der Waals surface area (Å²) in [5.74, 6) is 0.971. The van der Waals surface area contributed by atoms with E-state index in [4.69, 9.17) is 4.74 Å². The predicted octanol–water partition coefficient (Wildman–Crippen LogP) is 5.17. The SMILES string of the molecule is CC(Br)(CBr)CCCCCOc1ccccc1. The molecule has 0 aliphatic heterocycles. The quantitative estimate of drug-likeness (QED) is 0.457. The van der Waals surface area contributed by atoms with Crippen molar-refractivity contribution in [2.45, 2.75) is 36.9 Å². The van der Waals surface area contributed by atoms with E-state index in [-0.39, 0.29) is 4.32 Å². The van der Waals surface area contributed by atoms with E-state index < -0.39 is 0 Å². The van der Waals surface area contributed by atoms with Gasteiger partial charge in [0.05, 0.1) is 6.61 Å². The summed E-state index contributed by atoms with van der Waals surface area (Å²) in [7, 11) is 0. The van der Waals surface area contributed by atoms with Crippen molar-refractivity contribution in [3.63, 3.8) is 0 Å². The number of para-hydroxylation sites is 1. The lowest BCUT2D eigenvalue weighted by Gasteiger charge is -2.18. The Morgan fingerprint density at radius 1 is 1.12 bits per heavy atom. The third kappa shape index (κ3) is 7.10. The number of unbranched alkanes of at least 4 members (excludes halogenated alkanes) is 2. The highest BCUT2D eigenvalue weighted by Crippen LogP contribution is 2.26. The molecule has 0 heterocycles. The first-order valence-electron chi connectivity index (χ1n) is 6.07. The minimum absolute atomic E-state index is 0.243. The molecule has 0 spiro atoms. The Kier molecular flexibility index (Phi) is 7.21. The first kappa shape index (κ1) is 15.0. The van der Waals surface area contributed by atoms with E-state index in [0.717, 1.165) is 24.1 Å². The van der Waals surface area contributed by atoms with Gasteiger partial charge in [-0.3, -0.25) is 0 Å². The fourth-order valence-corrected chi connectivity index (χ4v) is 2.11. The Bertz CT molecular complexity index is 298. The van der Waals surface area contributed by atoms with Crippen LogP contribution in [0.3, 0.4) is 0 Å². The van der Waals surface area contributed by atoms with E-state index in [2.05, 4.69) is 38.8 Å². The fraction of sp³-hybridized carbons (Fsp3) is 0.571. The summed E-state index contributed by atoms with van der Waals surface area (Å²) >= 11 is 7.22. The van der Waals surface area contributed by atoms with Crippen LogP contribution in [-0.2, 0) is 0 Å². The molecule has 0 bridgehead atoms. The number of ether oxygens (including phenoxy) is 1. The van der Waals surface area contributed by atoms with Crippen LogP contribution >= 0.6 is 31.9 Å². The number of hydrogen-bond donors (Lipinski definition) is 0. The van der Waals surface area contributed by atoms with Crippen LogP contribution in [0.4, 0.5) is 0 Å². The second kappa shape index (κ2) is 8.15. The Hall–Kier alpha value is -0.0200. The molecule has 1 atom stereocenters. The second-order valence-corrected chi connectivity index (χ2v) is 6.99. The highest BCUT2D eigenvalue weighted by atomic mass is 79.9. The summed E-state index contributed by atoms with van der Waals surface area (Å²) in [5.41, 5.74) is 0. The number of benzene rings is 1. The van der Waals surface area contributed by atoms with Gasteiger partial charge in [-0.15, -0.1) is 0 Å². The lowest BCUT2D eigenvalue weighted by molar-refractivity contribution is 0.304. The van der Waals surface area contributed by atoms with Gasteiger partial charge < -0.3 is 4.74 Å². The number of hydrogen-bond acceptors (Lipinski definition) is 1. The van der Waals surface area contributed by atoms with Crippen LogP contribution in [0.15, 0.2) is 30.3 Å². The molecule has 0 saturated heterocycles. The maximum absolute atomic E-state index is 5.64. The fourth-order valence-electron chi connectivity index (χ4n) is 1.55. The van der Waals surface area contributed by atoms with Crippen molar-refractivity contribution in [2.24, 2.45) is 0 Å². The van der Waals surface area contributed by atoms with Crippen molar-refractivity contribution < 1.29 is 4.74 Å². The van der Waals surface area contributed by atoms with Gasteiger partial charge in [0.15, 0.2) is 0 Å². The Labute approximate surface area is 121 Å². The second-order valence-electron chi connectivity index (χ2n) is 4.52. The van der Waals surface area contributed by atoms with Gasteiger partial charge in [-0.1, -0.05) is 62.9 Å². The van der Waals surface area contributed by atoms with Gasteiger partial charge in [0.1, 0.15) is 5.75 Å². The van der Waals surface area contributed by atoms with E-state index in [0.29, 0.717) is 0 Å². The Morgan fingerprint density at radius 2 is 1.82 bits per heavy atom. The molecule has 17 heavy (non-hydrogen) atoms. The third-order valence-electron chi connectivity index (χ3n) is 2.63. The van der Waals surface area contributed by atoms with E-state index in [1.54, 1.807) is 0 Å². The standard InChI is InChI=1S/C14H20Br2O/c1-14(16,12-15)10-6-3-7-11-17-13-8-4-2-5-9-13/h2,4-5,8-9H,3,6-7,10-12H2,1H3. The molecule has 1 aromatic carbocycles. The molecule has 0 radical (unpaired) electrons. The molecular weight excluding hydrogens is 344 g/mol. The van der Waals surface area contributed by atoms with Crippen molar-refractivity contribution in [2.75, 3.05) is 11.9 Å². The maximum Gasteiger partial charge on any atom is 0.119 e. The van der Waals surface area contributed by atoms with E-state index in [1.807, 2.05) is 30.3 Å². The van der Waals surface area contributed by atoms with Crippen molar-refractivity contribution in [3.8, 4) is 5.75 Å². The van der Waals surface area contributed by atoms with Crippen molar-refractivity contribution >= 4 is 31.9 Å². The molecule has 0 aliphatic rings. The summed E-state index contributed by atoms with van der Waals surface area (Å²) in [6, 6.07) is 10.0. The zero-order valence-corrected chi connectivity index (χ0v) is 13.5. The molecule has 0 fully saturated rings. The van der Waals surface area contributed by atoms with E-state index in [1.165, 1.54) is 19.3 Å². The van der Waals surface area contributed by atoms with Crippen LogP contribution in [0, 0.1) is 0 Å². The van der Waals surface area contributed by atoms with Crippen LogP contribution in [0.1, 0.15) is 32.6 Å². The summed E-state index contributed by atoms with van der Waals surface area (Å²) in [6.45, 7) is 3.04. The topological polar surface area (TPSA) is 9.23 Å².